The van der Waals surface area contributed by atoms with Gasteiger partial charge in [0.1, 0.15) is 19.0 Å². The zero-order valence-electron chi connectivity index (χ0n) is 15.6. The molecule has 7 heteroatoms. The quantitative estimate of drug-likeness (QED) is 0.874. The number of ether oxygens (including phenoxy) is 3. The summed E-state index contributed by atoms with van der Waals surface area (Å²) < 4.78 is 16.9. The number of nitrogens with one attached hydrogen (secondary N) is 1. The molecule has 0 radical (unpaired) electrons. The number of anilines is 1. The summed E-state index contributed by atoms with van der Waals surface area (Å²) in [5.74, 6) is 1.66. The van der Waals surface area contributed by atoms with Gasteiger partial charge < -0.3 is 24.4 Å². The molecule has 1 atom stereocenters. The van der Waals surface area contributed by atoms with Gasteiger partial charge in [-0.05, 0) is 36.2 Å². The number of benzene rings is 2. The van der Waals surface area contributed by atoms with E-state index in [4.69, 9.17) is 14.2 Å². The van der Waals surface area contributed by atoms with Crippen LogP contribution in [0.1, 0.15) is 12.5 Å². The molecule has 0 fully saturated rings. The Morgan fingerprint density at radius 2 is 1.86 bits per heavy atom. The Labute approximate surface area is 163 Å². The minimum atomic E-state index is -0.737. The van der Waals surface area contributed by atoms with Gasteiger partial charge >= 0.3 is 0 Å². The van der Waals surface area contributed by atoms with Gasteiger partial charge in [0, 0.05) is 13.5 Å². The summed E-state index contributed by atoms with van der Waals surface area (Å²) in [5.41, 5.74) is 1.74. The average molecular weight is 382 g/mol. The summed E-state index contributed by atoms with van der Waals surface area (Å²) >= 11 is 0. The van der Waals surface area contributed by atoms with Crippen molar-refractivity contribution >= 4 is 17.5 Å². The van der Waals surface area contributed by atoms with E-state index in [0.29, 0.717) is 37.6 Å². The second-order valence-corrected chi connectivity index (χ2v) is 6.72. The molecule has 2 aromatic rings. The van der Waals surface area contributed by atoms with E-state index < -0.39 is 6.10 Å². The summed E-state index contributed by atoms with van der Waals surface area (Å²) in [7, 11) is 0. The maximum atomic E-state index is 12.6. The lowest BCUT2D eigenvalue weighted by atomic mass is 10.1. The highest BCUT2D eigenvalue weighted by atomic mass is 16.6. The normalized spacial score (nSPS) is 17.3. The highest BCUT2D eigenvalue weighted by Crippen LogP contribution is 2.33. The van der Waals surface area contributed by atoms with Gasteiger partial charge in [-0.15, -0.1) is 0 Å². The standard InChI is InChI=1S/C21H22N2O5/c1-14(24)23-13-20(28-17-5-3-2-4-16(17)23)21(25)22-9-8-15-6-7-18-19(12-15)27-11-10-26-18/h2-7,12,20H,8-11,13H2,1H3,(H,22,25)/t20-/m0/s1. The third-order valence-corrected chi connectivity index (χ3v) is 4.77. The van der Waals surface area contributed by atoms with E-state index >= 15 is 0 Å². The smallest absolute Gasteiger partial charge is 0.262 e. The number of para-hydroxylation sites is 2. The molecule has 146 valence electrons. The molecule has 1 N–H and O–H groups in total. The molecule has 0 saturated heterocycles. The van der Waals surface area contributed by atoms with Crippen LogP contribution >= 0.6 is 0 Å². The third kappa shape index (κ3) is 3.74. The predicted octanol–water partition coefficient (Wildman–Crippen LogP) is 1.93. The van der Waals surface area contributed by atoms with Crippen LogP contribution in [0.5, 0.6) is 17.2 Å². The molecule has 7 nitrogen and oxygen atoms in total. The molecule has 0 unspecified atom stereocenters. The van der Waals surface area contributed by atoms with Crippen molar-refractivity contribution in [3.63, 3.8) is 0 Å². The van der Waals surface area contributed by atoms with Crippen LogP contribution in [-0.2, 0) is 16.0 Å². The van der Waals surface area contributed by atoms with Crippen molar-refractivity contribution in [2.24, 2.45) is 0 Å². The Morgan fingerprint density at radius 3 is 2.68 bits per heavy atom. The monoisotopic (exact) mass is 382 g/mol. The highest BCUT2D eigenvalue weighted by molar-refractivity contribution is 5.95. The first-order valence-corrected chi connectivity index (χ1v) is 9.32. The lowest BCUT2D eigenvalue weighted by Crippen LogP contribution is -2.50. The largest absolute Gasteiger partial charge is 0.486 e. The van der Waals surface area contributed by atoms with Gasteiger partial charge in [0.15, 0.2) is 17.6 Å². The lowest BCUT2D eigenvalue weighted by Gasteiger charge is -2.33. The van der Waals surface area contributed by atoms with E-state index in [1.165, 1.54) is 6.92 Å². The molecule has 2 aliphatic rings. The fourth-order valence-electron chi connectivity index (χ4n) is 3.36. The van der Waals surface area contributed by atoms with Gasteiger partial charge in [0.05, 0.1) is 12.2 Å². The maximum Gasteiger partial charge on any atom is 0.262 e. The molecule has 0 saturated carbocycles. The number of fused-ring (bicyclic) bond motifs is 2. The van der Waals surface area contributed by atoms with Gasteiger partial charge in [0.2, 0.25) is 5.91 Å². The van der Waals surface area contributed by atoms with E-state index in [9.17, 15) is 9.59 Å². The van der Waals surface area contributed by atoms with Crippen molar-refractivity contribution in [2.75, 3.05) is 31.2 Å². The summed E-state index contributed by atoms with van der Waals surface area (Å²) in [6.45, 7) is 3.24. The number of carbonyl (C=O) groups excluding carboxylic acids is 2. The Balaban J connectivity index is 1.36. The summed E-state index contributed by atoms with van der Waals surface area (Å²) in [5, 5.41) is 2.90. The second kappa shape index (κ2) is 7.80. The van der Waals surface area contributed by atoms with Crippen molar-refractivity contribution in [1.29, 1.82) is 0 Å². The van der Waals surface area contributed by atoms with Crippen molar-refractivity contribution in [1.82, 2.24) is 5.32 Å². The third-order valence-electron chi connectivity index (χ3n) is 4.77. The maximum absolute atomic E-state index is 12.6. The fourth-order valence-corrected chi connectivity index (χ4v) is 3.36. The minimum Gasteiger partial charge on any atom is -0.486 e. The zero-order valence-corrected chi connectivity index (χ0v) is 15.6. The van der Waals surface area contributed by atoms with Crippen LogP contribution in [0.15, 0.2) is 42.5 Å². The van der Waals surface area contributed by atoms with E-state index in [-0.39, 0.29) is 18.4 Å². The Kier molecular flexibility index (Phi) is 5.06. The fraction of sp³-hybridized carbons (Fsp3) is 0.333. The topological polar surface area (TPSA) is 77.1 Å². The van der Waals surface area contributed by atoms with E-state index in [0.717, 1.165) is 17.1 Å². The van der Waals surface area contributed by atoms with E-state index in [1.54, 1.807) is 11.0 Å². The molecule has 0 bridgehead atoms. The van der Waals surface area contributed by atoms with Crippen LogP contribution in [-0.4, -0.2) is 44.2 Å². The molecule has 4 rings (SSSR count). The number of amides is 2. The molecular weight excluding hydrogens is 360 g/mol. The lowest BCUT2D eigenvalue weighted by molar-refractivity contribution is -0.128. The average Bonchev–Trinajstić information content (AvgIpc) is 2.72. The molecule has 2 amide bonds. The van der Waals surface area contributed by atoms with Crippen molar-refractivity contribution < 1.29 is 23.8 Å². The van der Waals surface area contributed by atoms with Crippen LogP contribution in [0.2, 0.25) is 0 Å². The number of hydrogen-bond donors (Lipinski definition) is 1. The number of carbonyl (C=O) groups is 2. The van der Waals surface area contributed by atoms with Crippen molar-refractivity contribution in [3.8, 4) is 17.2 Å². The Morgan fingerprint density at radius 1 is 1.07 bits per heavy atom. The van der Waals surface area contributed by atoms with E-state index in [1.807, 2.05) is 36.4 Å². The zero-order chi connectivity index (χ0) is 19.5. The van der Waals surface area contributed by atoms with Gasteiger partial charge in [0.25, 0.3) is 5.91 Å². The Bertz CT molecular complexity index is 898. The van der Waals surface area contributed by atoms with Crippen LogP contribution in [0.4, 0.5) is 5.69 Å². The molecule has 0 aliphatic carbocycles. The van der Waals surface area contributed by atoms with Gasteiger partial charge in [-0.2, -0.15) is 0 Å². The van der Waals surface area contributed by atoms with Gasteiger partial charge in [-0.3, -0.25) is 9.59 Å². The van der Waals surface area contributed by atoms with Crippen LogP contribution < -0.4 is 24.4 Å². The number of nitrogens with zero attached hydrogens (tertiary/aromatic N) is 1. The first-order valence-electron chi connectivity index (χ1n) is 9.32. The molecule has 0 aromatic heterocycles. The molecular formula is C21H22N2O5. The number of hydrogen-bond acceptors (Lipinski definition) is 5. The SMILES string of the molecule is CC(=O)N1C[C@@H](C(=O)NCCc2ccc3c(c2)OCCO3)Oc2ccccc21. The van der Waals surface area contributed by atoms with Crippen LogP contribution in [0.3, 0.4) is 0 Å². The molecule has 28 heavy (non-hydrogen) atoms. The van der Waals surface area contributed by atoms with Gasteiger partial charge in [-0.1, -0.05) is 18.2 Å². The molecule has 2 aromatic carbocycles. The van der Waals surface area contributed by atoms with Crippen LogP contribution in [0.25, 0.3) is 0 Å². The molecule has 2 aliphatic heterocycles. The Hall–Kier alpha value is -3.22. The minimum absolute atomic E-state index is 0.121. The van der Waals surface area contributed by atoms with Crippen LogP contribution in [0, 0.1) is 0 Å². The van der Waals surface area contributed by atoms with E-state index in [2.05, 4.69) is 5.32 Å². The first-order chi connectivity index (χ1) is 13.6. The second-order valence-electron chi connectivity index (χ2n) is 6.72. The summed E-state index contributed by atoms with van der Waals surface area (Å²) in [6, 6.07) is 13.0. The van der Waals surface area contributed by atoms with Gasteiger partial charge in [-0.25, -0.2) is 0 Å². The summed E-state index contributed by atoms with van der Waals surface area (Å²) in [4.78, 5) is 26.1. The summed E-state index contributed by atoms with van der Waals surface area (Å²) in [6.07, 6.45) is -0.0821. The molecule has 2 heterocycles. The predicted molar refractivity (Wildman–Crippen MR) is 103 cm³/mol. The first kappa shape index (κ1) is 18.2. The molecule has 0 spiro atoms. The van der Waals surface area contributed by atoms with Crippen molar-refractivity contribution in [3.05, 3.63) is 48.0 Å². The highest BCUT2D eigenvalue weighted by Gasteiger charge is 2.32. The number of rotatable bonds is 4. The van der Waals surface area contributed by atoms with Crippen molar-refractivity contribution in [2.45, 2.75) is 19.4 Å².